The molecule has 20 heavy (non-hydrogen) atoms. The van der Waals surface area contributed by atoms with Gasteiger partial charge in [0.25, 0.3) is 0 Å². The predicted octanol–water partition coefficient (Wildman–Crippen LogP) is 2.44. The molecule has 0 aromatic carbocycles. The molecule has 1 unspecified atom stereocenters. The van der Waals surface area contributed by atoms with Crippen molar-refractivity contribution in [3.63, 3.8) is 0 Å². The molecule has 0 fully saturated rings. The van der Waals surface area contributed by atoms with E-state index in [2.05, 4.69) is 20.5 Å². The SMILES string of the molecule is Cc1cc(CC(C)NC(=O)Cc2sc(=S)[nH]c2C)n[nH]1. The molecule has 2 aromatic rings. The van der Waals surface area contributed by atoms with Crippen LogP contribution in [0.3, 0.4) is 0 Å². The number of carbonyl (C=O) groups excluding carboxylic acids is 1. The summed E-state index contributed by atoms with van der Waals surface area (Å²) in [5.74, 6) is 0.0121. The van der Waals surface area contributed by atoms with Crippen LogP contribution in [-0.4, -0.2) is 27.1 Å². The Morgan fingerprint density at radius 2 is 2.30 bits per heavy atom. The van der Waals surface area contributed by atoms with E-state index in [1.807, 2.05) is 26.8 Å². The van der Waals surface area contributed by atoms with E-state index < -0.39 is 0 Å². The molecule has 2 rings (SSSR count). The number of hydrogen-bond acceptors (Lipinski definition) is 4. The topological polar surface area (TPSA) is 73.6 Å². The smallest absolute Gasteiger partial charge is 0.225 e. The number of amides is 1. The third-order valence-corrected chi connectivity index (χ3v) is 4.26. The molecule has 0 radical (unpaired) electrons. The quantitative estimate of drug-likeness (QED) is 0.743. The summed E-state index contributed by atoms with van der Waals surface area (Å²) >= 11 is 6.53. The standard InChI is InChI=1S/C13H18N4OS2/c1-7(4-10-5-8(2)16-17-10)14-12(18)6-11-9(3)15-13(19)20-11/h5,7H,4,6H2,1-3H3,(H,14,18)(H,15,19)(H,16,17). The van der Waals surface area contributed by atoms with Crippen molar-refractivity contribution in [2.75, 3.05) is 0 Å². The second-order valence-electron chi connectivity index (χ2n) is 4.95. The van der Waals surface area contributed by atoms with Crippen LogP contribution in [0, 0.1) is 17.8 Å². The highest BCUT2D eigenvalue weighted by atomic mass is 32.1. The minimum absolute atomic E-state index is 0.0121. The Bertz CT molecular complexity index is 655. The molecule has 0 aliphatic heterocycles. The number of aromatic amines is 2. The highest BCUT2D eigenvalue weighted by molar-refractivity contribution is 7.73. The van der Waals surface area contributed by atoms with Crippen LogP contribution < -0.4 is 5.32 Å². The van der Waals surface area contributed by atoms with Crippen LogP contribution in [-0.2, 0) is 17.6 Å². The largest absolute Gasteiger partial charge is 0.353 e. The van der Waals surface area contributed by atoms with Crippen LogP contribution in [0.25, 0.3) is 0 Å². The average molecular weight is 310 g/mol. The molecular formula is C13H18N4OS2. The van der Waals surface area contributed by atoms with E-state index in [1.54, 1.807) is 0 Å². The number of H-pyrrole nitrogens is 2. The summed E-state index contributed by atoms with van der Waals surface area (Å²) in [5.41, 5.74) is 2.97. The van der Waals surface area contributed by atoms with Crippen molar-refractivity contribution in [3.05, 3.63) is 32.0 Å². The molecule has 5 nitrogen and oxygen atoms in total. The van der Waals surface area contributed by atoms with Crippen molar-refractivity contribution in [3.8, 4) is 0 Å². The van der Waals surface area contributed by atoms with Gasteiger partial charge in [-0.2, -0.15) is 5.10 Å². The zero-order valence-electron chi connectivity index (χ0n) is 11.7. The van der Waals surface area contributed by atoms with Crippen molar-refractivity contribution in [1.29, 1.82) is 0 Å². The van der Waals surface area contributed by atoms with E-state index in [9.17, 15) is 4.79 Å². The lowest BCUT2D eigenvalue weighted by molar-refractivity contribution is -0.121. The van der Waals surface area contributed by atoms with Crippen molar-refractivity contribution >= 4 is 29.5 Å². The summed E-state index contributed by atoms with van der Waals surface area (Å²) in [4.78, 5) is 16.0. The van der Waals surface area contributed by atoms with Gasteiger partial charge in [-0.1, -0.05) is 0 Å². The van der Waals surface area contributed by atoms with Gasteiger partial charge < -0.3 is 10.3 Å². The summed E-state index contributed by atoms with van der Waals surface area (Å²) in [6.07, 6.45) is 1.09. The molecule has 1 atom stereocenters. The fourth-order valence-corrected chi connectivity index (χ4v) is 3.31. The van der Waals surface area contributed by atoms with Gasteiger partial charge in [0.1, 0.15) is 0 Å². The highest BCUT2D eigenvalue weighted by Gasteiger charge is 2.12. The van der Waals surface area contributed by atoms with Gasteiger partial charge in [-0.15, -0.1) is 11.3 Å². The maximum atomic E-state index is 12.0. The van der Waals surface area contributed by atoms with Crippen molar-refractivity contribution in [2.24, 2.45) is 0 Å². The molecule has 0 saturated heterocycles. The first kappa shape index (κ1) is 14.9. The summed E-state index contributed by atoms with van der Waals surface area (Å²) in [5, 5.41) is 10.1. The molecule has 0 spiro atoms. The fourth-order valence-electron chi connectivity index (χ4n) is 2.02. The molecule has 0 bridgehead atoms. The molecule has 0 aliphatic rings. The zero-order valence-corrected chi connectivity index (χ0v) is 13.4. The Morgan fingerprint density at radius 3 is 2.85 bits per heavy atom. The second-order valence-corrected chi connectivity index (χ2v) is 6.73. The predicted molar refractivity (Wildman–Crippen MR) is 82.6 cm³/mol. The van der Waals surface area contributed by atoms with Crippen LogP contribution in [0.2, 0.25) is 0 Å². The molecule has 7 heteroatoms. The molecule has 2 aromatic heterocycles. The summed E-state index contributed by atoms with van der Waals surface area (Å²) < 4.78 is 0.713. The number of rotatable bonds is 5. The lowest BCUT2D eigenvalue weighted by Gasteiger charge is -2.12. The van der Waals surface area contributed by atoms with Gasteiger partial charge in [0.2, 0.25) is 5.91 Å². The number of aryl methyl sites for hydroxylation is 2. The molecule has 0 aliphatic carbocycles. The fraction of sp³-hybridized carbons (Fsp3) is 0.462. The van der Waals surface area contributed by atoms with Crippen LogP contribution in [0.5, 0.6) is 0 Å². The van der Waals surface area contributed by atoms with Crippen molar-refractivity contribution < 1.29 is 4.79 Å². The lowest BCUT2D eigenvalue weighted by atomic mass is 10.1. The van der Waals surface area contributed by atoms with Gasteiger partial charge in [-0.3, -0.25) is 9.89 Å². The number of nitrogens with zero attached hydrogens (tertiary/aromatic N) is 1. The third kappa shape index (κ3) is 4.01. The molecule has 0 saturated carbocycles. The van der Waals surface area contributed by atoms with Crippen LogP contribution in [0.15, 0.2) is 6.07 Å². The number of thiazole rings is 1. The Kier molecular flexibility index (Phi) is 4.72. The maximum Gasteiger partial charge on any atom is 0.225 e. The minimum atomic E-state index is 0.0121. The normalized spacial score (nSPS) is 12.3. The van der Waals surface area contributed by atoms with Gasteiger partial charge in [-0.05, 0) is 39.1 Å². The summed E-state index contributed by atoms with van der Waals surface area (Å²) in [6.45, 7) is 5.88. The number of nitrogens with one attached hydrogen (secondary N) is 3. The van der Waals surface area contributed by atoms with E-state index in [4.69, 9.17) is 12.2 Å². The van der Waals surface area contributed by atoms with Gasteiger partial charge >= 0.3 is 0 Å². The third-order valence-electron chi connectivity index (χ3n) is 2.93. The van der Waals surface area contributed by atoms with Crippen molar-refractivity contribution in [1.82, 2.24) is 20.5 Å². The first-order valence-corrected chi connectivity index (χ1v) is 7.65. The van der Waals surface area contributed by atoms with E-state index in [-0.39, 0.29) is 11.9 Å². The average Bonchev–Trinajstić information content (AvgIpc) is 2.85. The van der Waals surface area contributed by atoms with Crippen molar-refractivity contribution in [2.45, 2.75) is 39.7 Å². The number of aromatic nitrogens is 3. The minimum Gasteiger partial charge on any atom is -0.353 e. The molecule has 1 amide bonds. The molecule has 3 N–H and O–H groups in total. The molecule has 2 heterocycles. The van der Waals surface area contributed by atoms with E-state index in [0.717, 1.165) is 28.4 Å². The second kappa shape index (κ2) is 6.32. The van der Waals surface area contributed by atoms with Gasteiger partial charge in [0.05, 0.1) is 12.1 Å². The lowest BCUT2D eigenvalue weighted by Crippen LogP contribution is -2.35. The Hall–Kier alpha value is -1.47. The van der Waals surface area contributed by atoms with E-state index in [1.165, 1.54) is 11.3 Å². The summed E-state index contributed by atoms with van der Waals surface area (Å²) in [6, 6.07) is 2.04. The van der Waals surface area contributed by atoms with Crippen LogP contribution in [0.4, 0.5) is 0 Å². The number of carbonyl (C=O) groups is 1. The number of hydrogen-bond donors (Lipinski definition) is 3. The Morgan fingerprint density at radius 1 is 1.55 bits per heavy atom. The monoisotopic (exact) mass is 310 g/mol. The molecule has 108 valence electrons. The maximum absolute atomic E-state index is 12.0. The summed E-state index contributed by atoms with van der Waals surface area (Å²) in [7, 11) is 0. The molecular weight excluding hydrogens is 292 g/mol. The Labute approximate surface area is 126 Å². The van der Waals surface area contributed by atoms with Crippen LogP contribution >= 0.6 is 23.6 Å². The van der Waals surface area contributed by atoms with E-state index in [0.29, 0.717) is 10.4 Å². The van der Waals surface area contributed by atoms with Crippen LogP contribution in [0.1, 0.15) is 28.9 Å². The Balaban J connectivity index is 1.88. The first-order chi connectivity index (χ1) is 9.44. The van der Waals surface area contributed by atoms with Gasteiger partial charge in [0.15, 0.2) is 3.95 Å². The van der Waals surface area contributed by atoms with Gasteiger partial charge in [-0.25, -0.2) is 0 Å². The van der Waals surface area contributed by atoms with Gasteiger partial charge in [0, 0.05) is 28.7 Å². The van der Waals surface area contributed by atoms with E-state index >= 15 is 0 Å². The first-order valence-electron chi connectivity index (χ1n) is 6.43. The highest BCUT2D eigenvalue weighted by Crippen LogP contribution is 2.15. The zero-order chi connectivity index (χ0) is 14.7.